The third kappa shape index (κ3) is 7.22. The van der Waals surface area contributed by atoms with Gasteiger partial charge in [-0.1, -0.05) is 54.2 Å². The van der Waals surface area contributed by atoms with Crippen LogP contribution in [0, 0.1) is 18.3 Å². The first-order valence-electron chi connectivity index (χ1n) is 11.1. The van der Waals surface area contributed by atoms with E-state index in [1.807, 2.05) is 44.2 Å². The Morgan fingerprint density at radius 1 is 1.14 bits per heavy atom. The quantitative estimate of drug-likeness (QED) is 0.174. The number of ketones is 1. The second kappa shape index (κ2) is 12.4. The van der Waals surface area contributed by atoms with Crippen LogP contribution in [0.2, 0.25) is 0 Å². The van der Waals surface area contributed by atoms with Gasteiger partial charge in [0.15, 0.2) is 17.3 Å². The number of amides is 1. The fourth-order valence-corrected chi connectivity index (χ4v) is 3.79. The number of hydrogen-bond donors (Lipinski definition) is 1. The van der Waals surface area contributed by atoms with Crippen molar-refractivity contribution in [3.8, 4) is 17.6 Å². The Labute approximate surface area is 208 Å². The minimum atomic E-state index is -0.566. The SMILES string of the molecule is CCc1nnc(NC(=O)C(C#N)=Cc2ccc(OCCCC(=O)c3ccc(C)cc3)c(OC)c2)s1. The van der Waals surface area contributed by atoms with E-state index in [-0.39, 0.29) is 11.4 Å². The van der Waals surface area contributed by atoms with Gasteiger partial charge in [0, 0.05) is 12.0 Å². The zero-order valence-corrected chi connectivity index (χ0v) is 20.6. The predicted molar refractivity (Wildman–Crippen MR) is 135 cm³/mol. The molecule has 0 radical (unpaired) electrons. The van der Waals surface area contributed by atoms with Crippen LogP contribution < -0.4 is 14.8 Å². The number of carbonyl (C=O) groups excluding carboxylic acids is 2. The second-order valence-corrected chi connectivity index (χ2v) is 8.69. The van der Waals surface area contributed by atoms with Gasteiger partial charge in [-0.15, -0.1) is 10.2 Å². The van der Waals surface area contributed by atoms with Crippen LogP contribution in [0.15, 0.2) is 48.0 Å². The number of aryl methyl sites for hydroxylation is 2. The minimum Gasteiger partial charge on any atom is -0.493 e. The maximum absolute atomic E-state index is 12.5. The second-order valence-electron chi connectivity index (χ2n) is 7.63. The molecule has 35 heavy (non-hydrogen) atoms. The van der Waals surface area contributed by atoms with E-state index in [0.29, 0.717) is 53.6 Å². The van der Waals surface area contributed by atoms with Gasteiger partial charge >= 0.3 is 0 Å². The molecule has 0 aliphatic carbocycles. The van der Waals surface area contributed by atoms with Crippen LogP contribution in [-0.4, -0.2) is 35.6 Å². The van der Waals surface area contributed by atoms with Crippen molar-refractivity contribution in [3.05, 3.63) is 69.7 Å². The Hall–Kier alpha value is -4.03. The highest BCUT2D eigenvalue weighted by Crippen LogP contribution is 2.29. The summed E-state index contributed by atoms with van der Waals surface area (Å²) in [5.74, 6) is 0.473. The Morgan fingerprint density at radius 2 is 1.91 bits per heavy atom. The molecule has 0 spiro atoms. The fraction of sp³-hybridized carbons (Fsp3) is 0.269. The number of anilines is 1. The lowest BCUT2D eigenvalue weighted by atomic mass is 10.1. The van der Waals surface area contributed by atoms with Gasteiger partial charge in [-0.25, -0.2) is 0 Å². The van der Waals surface area contributed by atoms with Gasteiger partial charge in [0.1, 0.15) is 16.6 Å². The predicted octanol–water partition coefficient (Wildman–Crippen LogP) is 5.01. The van der Waals surface area contributed by atoms with E-state index < -0.39 is 5.91 Å². The van der Waals surface area contributed by atoms with Crippen LogP contribution in [0.3, 0.4) is 0 Å². The number of nitrogens with zero attached hydrogens (tertiary/aromatic N) is 3. The zero-order valence-electron chi connectivity index (χ0n) is 19.8. The number of nitriles is 1. The first-order chi connectivity index (χ1) is 16.9. The van der Waals surface area contributed by atoms with Crippen molar-refractivity contribution in [2.24, 2.45) is 0 Å². The molecule has 1 aromatic heterocycles. The molecule has 3 rings (SSSR count). The molecule has 9 heteroatoms. The van der Waals surface area contributed by atoms with E-state index in [9.17, 15) is 14.9 Å². The van der Waals surface area contributed by atoms with Crippen molar-refractivity contribution < 1.29 is 19.1 Å². The van der Waals surface area contributed by atoms with E-state index >= 15 is 0 Å². The molecule has 0 unspecified atom stereocenters. The normalized spacial score (nSPS) is 11.0. The van der Waals surface area contributed by atoms with Crippen molar-refractivity contribution in [1.82, 2.24) is 10.2 Å². The molecule has 0 aliphatic heterocycles. The first kappa shape index (κ1) is 25.6. The van der Waals surface area contributed by atoms with Crippen LogP contribution in [-0.2, 0) is 11.2 Å². The maximum Gasteiger partial charge on any atom is 0.268 e. The molecule has 0 bridgehead atoms. The number of methoxy groups -OCH3 is 1. The summed E-state index contributed by atoms with van der Waals surface area (Å²) in [5.41, 5.74) is 2.32. The smallest absolute Gasteiger partial charge is 0.268 e. The molecule has 1 heterocycles. The van der Waals surface area contributed by atoms with Gasteiger partial charge in [-0.3, -0.25) is 14.9 Å². The third-order valence-corrected chi connectivity index (χ3v) is 6.02. The number of aromatic nitrogens is 2. The van der Waals surface area contributed by atoms with Gasteiger partial charge in [0.25, 0.3) is 5.91 Å². The van der Waals surface area contributed by atoms with Crippen molar-refractivity contribution in [2.45, 2.75) is 33.1 Å². The van der Waals surface area contributed by atoms with Gasteiger partial charge in [-0.2, -0.15) is 5.26 Å². The van der Waals surface area contributed by atoms with E-state index in [1.165, 1.54) is 24.5 Å². The third-order valence-electron chi connectivity index (χ3n) is 5.03. The summed E-state index contributed by atoms with van der Waals surface area (Å²) in [4.78, 5) is 24.8. The molecule has 3 aromatic rings. The topological polar surface area (TPSA) is 114 Å². The monoisotopic (exact) mass is 490 g/mol. The summed E-state index contributed by atoms with van der Waals surface area (Å²) in [7, 11) is 1.51. The van der Waals surface area contributed by atoms with Gasteiger partial charge in [-0.05, 0) is 43.5 Å². The van der Waals surface area contributed by atoms with Crippen LogP contribution >= 0.6 is 11.3 Å². The Bertz CT molecular complexity index is 1260. The highest BCUT2D eigenvalue weighted by Gasteiger charge is 2.14. The molecule has 0 saturated carbocycles. The number of benzene rings is 2. The van der Waals surface area contributed by atoms with Crippen molar-refractivity contribution >= 4 is 34.2 Å². The number of nitrogens with one attached hydrogen (secondary N) is 1. The molecule has 180 valence electrons. The van der Waals surface area contributed by atoms with E-state index in [4.69, 9.17) is 9.47 Å². The van der Waals surface area contributed by atoms with Crippen LogP contribution in [0.5, 0.6) is 11.5 Å². The van der Waals surface area contributed by atoms with Crippen molar-refractivity contribution in [3.63, 3.8) is 0 Å². The van der Waals surface area contributed by atoms with Crippen LogP contribution in [0.4, 0.5) is 5.13 Å². The van der Waals surface area contributed by atoms with Gasteiger partial charge in [0.2, 0.25) is 5.13 Å². The largest absolute Gasteiger partial charge is 0.493 e. The number of Topliss-reactive ketones (excluding diaryl/α,β-unsaturated/α-hetero) is 1. The van der Waals surface area contributed by atoms with Crippen LogP contribution in [0.1, 0.15) is 46.3 Å². The van der Waals surface area contributed by atoms with Crippen LogP contribution in [0.25, 0.3) is 6.08 Å². The summed E-state index contributed by atoms with van der Waals surface area (Å²) in [6.45, 7) is 4.27. The maximum atomic E-state index is 12.5. The molecular weight excluding hydrogens is 464 g/mol. The van der Waals surface area contributed by atoms with E-state index in [1.54, 1.807) is 18.2 Å². The molecule has 1 N–H and O–H groups in total. The lowest BCUT2D eigenvalue weighted by Crippen LogP contribution is -2.13. The molecule has 0 aliphatic rings. The summed E-state index contributed by atoms with van der Waals surface area (Å²) < 4.78 is 11.2. The Balaban J connectivity index is 1.59. The van der Waals surface area contributed by atoms with E-state index in [0.717, 1.165) is 10.6 Å². The minimum absolute atomic E-state index is 0.0720. The summed E-state index contributed by atoms with van der Waals surface area (Å²) in [5, 5.41) is 21.0. The number of ether oxygens (including phenoxy) is 2. The molecule has 0 atom stereocenters. The number of hydrogen-bond acceptors (Lipinski definition) is 8. The van der Waals surface area contributed by atoms with Crippen molar-refractivity contribution in [2.75, 3.05) is 19.0 Å². The number of carbonyl (C=O) groups is 2. The molecule has 0 saturated heterocycles. The standard InChI is InChI=1S/C26H26N4O4S/c1-4-24-29-30-26(35-24)28-25(32)20(16-27)14-18-9-12-22(23(15-18)33-3)34-13-5-6-21(31)19-10-7-17(2)8-11-19/h7-12,14-15H,4-6,13H2,1-3H3,(H,28,30,32). The Kier molecular flexibility index (Phi) is 9.09. The first-order valence-corrected chi connectivity index (χ1v) is 11.9. The number of rotatable bonds is 11. The molecule has 1 amide bonds. The fourth-order valence-electron chi connectivity index (χ4n) is 3.12. The van der Waals surface area contributed by atoms with Gasteiger partial charge < -0.3 is 9.47 Å². The lowest BCUT2D eigenvalue weighted by Gasteiger charge is -2.11. The summed E-state index contributed by atoms with van der Waals surface area (Å²) in [6, 6.07) is 14.5. The molecule has 0 fully saturated rings. The average Bonchev–Trinajstić information content (AvgIpc) is 3.33. The molecular formula is C26H26N4O4S. The highest BCUT2D eigenvalue weighted by molar-refractivity contribution is 7.15. The molecule has 2 aromatic carbocycles. The highest BCUT2D eigenvalue weighted by atomic mass is 32.1. The summed E-state index contributed by atoms with van der Waals surface area (Å²) >= 11 is 1.27. The summed E-state index contributed by atoms with van der Waals surface area (Å²) in [6.07, 6.45) is 3.11. The average molecular weight is 491 g/mol. The zero-order chi connectivity index (χ0) is 25.2. The van der Waals surface area contributed by atoms with Gasteiger partial charge in [0.05, 0.1) is 13.7 Å². The lowest BCUT2D eigenvalue weighted by molar-refractivity contribution is -0.112. The Morgan fingerprint density at radius 3 is 2.57 bits per heavy atom. The van der Waals surface area contributed by atoms with E-state index in [2.05, 4.69) is 15.5 Å². The molecule has 8 nitrogen and oxygen atoms in total. The van der Waals surface area contributed by atoms with Crippen molar-refractivity contribution in [1.29, 1.82) is 5.26 Å².